The van der Waals surface area contributed by atoms with Crippen molar-refractivity contribution in [2.24, 2.45) is 0 Å². The van der Waals surface area contributed by atoms with Crippen LogP contribution in [0.5, 0.6) is 0 Å². The van der Waals surface area contributed by atoms with Crippen LogP contribution in [-0.2, 0) is 10.9 Å². The third-order valence-corrected chi connectivity index (χ3v) is 3.94. The zero-order valence-corrected chi connectivity index (χ0v) is 11.7. The van der Waals surface area contributed by atoms with Gasteiger partial charge in [0.15, 0.2) is 0 Å². The van der Waals surface area contributed by atoms with E-state index in [0.29, 0.717) is 12.1 Å². The molecule has 2 rings (SSSR count). The van der Waals surface area contributed by atoms with E-state index in [9.17, 15) is 13.2 Å². The lowest BCUT2D eigenvalue weighted by Gasteiger charge is -2.20. The molecule has 1 aromatic rings. The Hall–Kier alpha value is -1.07. The van der Waals surface area contributed by atoms with E-state index in [0.717, 1.165) is 37.0 Å². The van der Waals surface area contributed by atoms with Gasteiger partial charge in [-0.15, -0.1) is 0 Å². The molecule has 5 heteroatoms. The third kappa shape index (κ3) is 3.73. The van der Waals surface area contributed by atoms with Gasteiger partial charge >= 0.3 is 6.18 Å². The van der Waals surface area contributed by atoms with Crippen molar-refractivity contribution in [2.75, 3.05) is 7.11 Å². The van der Waals surface area contributed by atoms with Gasteiger partial charge in [0.05, 0.1) is 11.7 Å². The summed E-state index contributed by atoms with van der Waals surface area (Å²) < 4.78 is 42.8. The summed E-state index contributed by atoms with van der Waals surface area (Å²) in [6.45, 7) is 1.97. The van der Waals surface area contributed by atoms with Crippen LogP contribution in [0.1, 0.15) is 43.4 Å². The van der Waals surface area contributed by atoms with Gasteiger partial charge in [-0.2, -0.15) is 13.2 Å². The molecule has 1 aliphatic rings. The molecular formula is C15H20F3NO. The predicted octanol–water partition coefficient (Wildman–Crippen LogP) is 3.92. The SMILES string of the molecule is COC1CCC(NC(C)c2ccc(C(F)(F)F)cc2)C1. The lowest BCUT2D eigenvalue weighted by Crippen LogP contribution is -2.30. The highest BCUT2D eigenvalue weighted by atomic mass is 19.4. The Morgan fingerprint density at radius 3 is 2.35 bits per heavy atom. The maximum Gasteiger partial charge on any atom is 0.416 e. The van der Waals surface area contributed by atoms with Gasteiger partial charge in [0.25, 0.3) is 0 Å². The lowest BCUT2D eigenvalue weighted by atomic mass is 10.0. The molecule has 0 aliphatic heterocycles. The predicted molar refractivity (Wildman–Crippen MR) is 71.4 cm³/mol. The molecule has 2 nitrogen and oxygen atoms in total. The molecule has 0 heterocycles. The van der Waals surface area contributed by atoms with E-state index in [1.807, 2.05) is 6.92 Å². The van der Waals surface area contributed by atoms with Crippen LogP contribution in [0.15, 0.2) is 24.3 Å². The molecular weight excluding hydrogens is 267 g/mol. The number of rotatable bonds is 4. The van der Waals surface area contributed by atoms with Gasteiger partial charge in [-0.1, -0.05) is 12.1 Å². The molecule has 1 aromatic carbocycles. The minimum atomic E-state index is -4.27. The molecule has 3 atom stereocenters. The quantitative estimate of drug-likeness (QED) is 0.906. The average molecular weight is 287 g/mol. The number of nitrogens with one attached hydrogen (secondary N) is 1. The van der Waals surface area contributed by atoms with E-state index in [1.54, 1.807) is 19.2 Å². The first-order chi connectivity index (χ1) is 9.40. The van der Waals surface area contributed by atoms with Gasteiger partial charge in [0.2, 0.25) is 0 Å². The molecule has 1 N–H and O–H groups in total. The van der Waals surface area contributed by atoms with Crippen molar-refractivity contribution in [2.45, 2.75) is 50.6 Å². The first-order valence-electron chi connectivity index (χ1n) is 6.86. The number of ether oxygens (including phenoxy) is 1. The summed E-state index contributed by atoms with van der Waals surface area (Å²) in [5, 5.41) is 3.46. The van der Waals surface area contributed by atoms with E-state index < -0.39 is 11.7 Å². The highest BCUT2D eigenvalue weighted by molar-refractivity contribution is 5.26. The molecule has 0 spiro atoms. The van der Waals surface area contributed by atoms with Crippen LogP contribution in [0, 0.1) is 0 Å². The Labute approximate surface area is 117 Å². The first kappa shape index (κ1) is 15.3. The lowest BCUT2D eigenvalue weighted by molar-refractivity contribution is -0.137. The monoisotopic (exact) mass is 287 g/mol. The number of hydrogen-bond donors (Lipinski definition) is 1. The van der Waals surface area contributed by atoms with Gasteiger partial charge in [0, 0.05) is 19.2 Å². The standard InChI is InChI=1S/C15H20F3NO/c1-10(19-13-7-8-14(9-13)20-2)11-3-5-12(6-4-11)15(16,17)18/h3-6,10,13-14,19H,7-9H2,1-2H3. The fourth-order valence-corrected chi connectivity index (χ4v) is 2.72. The normalized spacial score (nSPS) is 24.9. The minimum Gasteiger partial charge on any atom is -0.381 e. The van der Waals surface area contributed by atoms with E-state index in [2.05, 4.69) is 5.32 Å². The maximum absolute atomic E-state index is 12.5. The second-order valence-corrected chi connectivity index (χ2v) is 5.38. The van der Waals surface area contributed by atoms with E-state index in [1.165, 1.54) is 0 Å². The highest BCUT2D eigenvalue weighted by Gasteiger charge is 2.30. The smallest absolute Gasteiger partial charge is 0.381 e. The molecule has 0 bridgehead atoms. The second-order valence-electron chi connectivity index (χ2n) is 5.38. The summed E-state index contributed by atoms with van der Waals surface area (Å²) in [6, 6.07) is 5.78. The van der Waals surface area contributed by atoms with E-state index in [-0.39, 0.29) is 6.04 Å². The molecule has 20 heavy (non-hydrogen) atoms. The Bertz CT molecular complexity index is 430. The number of halogens is 3. The number of benzene rings is 1. The van der Waals surface area contributed by atoms with E-state index in [4.69, 9.17) is 4.74 Å². The van der Waals surface area contributed by atoms with Gasteiger partial charge in [-0.25, -0.2) is 0 Å². The Kier molecular flexibility index (Phi) is 4.70. The second kappa shape index (κ2) is 6.14. The molecule has 3 unspecified atom stereocenters. The average Bonchev–Trinajstić information content (AvgIpc) is 2.85. The van der Waals surface area contributed by atoms with Crippen molar-refractivity contribution in [1.29, 1.82) is 0 Å². The zero-order chi connectivity index (χ0) is 14.8. The molecule has 0 aromatic heterocycles. The van der Waals surface area contributed by atoms with Gasteiger partial charge in [-0.05, 0) is 43.9 Å². The molecule has 0 saturated heterocycles. The summed E-state index contributed by atoms with van der Waals surface area (Å²) in [5.74, 6) is 0. The van der Waals surface area contributed by atoms with Crippen LogP contribution in [0.2, 0.25) is 0 Å². The summed E-state index contributed by atoms with van der Waals surface area (Å²) in [4.78, 5) is 0. The Balaban J connectivity index is 1.94. The van der Waals surface area contributed by atoms with Crippen molar-refractivity contribution in [3.8, 4) is 0 Å². The summed E-state index contributed by atoms with van der Waals surface area (Å²) in [7, 11) is 1.71. The number of hydrogen-bond acceptors (Lipinski definition) is 2. The topological polar surface area (TPSA) is 21.3 Å². The Morgan fingerprint density at radius 1 is 1.20 bits per heavy atom. The van der Waals surface area contributed by atoms with E-state index >= 15 is 0 Å². The maximum atomic E-state index is 12.5. The zero-order valence-electron chi connectivity index (χ0n) is 11.7. The Morgan fingerprint density at radius 2 is 1.85 bits per heavy atom. The molecule has 1 fully saturated rings. The largest absolute Gasteiger partial charge is 0.416 e. The van der Waals surface area contributed by atoms with Crippen LogP contribution in [-0.4, -0.2) is 19.3 Å². The number of alkyl halides is 3. The van der Waals surface area contributed by atoms with Gasteiger partial charge in [0.1, 0.15) is 0 Å². The van der Waals surface area contributed by atoms with Crippen molar-refractivity contribution in [3.63, 3.8) is 0 Å². The van der Waals surface area contributed by atoms with Crippen LogP contribution in [0.25, 0.3) is 0 Å². The van der Waals surface area contributed by atoms with Gasteiger partial charge < -0.3 is 10.1 Å². The van der Waals surface area contributed by atoms with Crippen molar-refractivity contribution in [1.82, 2.24) is 5.32 Å². The van der Waals surface area contributed by atoms with Crippen molar-refractivity contribution < 1.29 is 17.9 Å². The highest BCUT2D eigenvalue weighted by Crippen LogP contribution is 2.30. The molecule has 112 valence electrons. The van der Waals surface area contributed by atoms with Crippen LogP contribution >= 0.6 is 0 Å². The molecule has 0 radical (unpaired) electrons. The molecule has 1 aliphatic carbocycles. The van der Waals surface area contributed by atoms with Crippen LogP contribution < -0.4 is 5.32 Å². The fourth-order valence-electron chi connectivity index (χ4n) is 2.72. The number of methoxy groups -OCH3 is 1. The van der Waals surface area contributed by atoms with Gasteiger partial charge in [-0.3, -0.25) is 0 Å². The third-order valence-electron chi connectivity index (χ3n) is 3.94. The minimum absolute atomic E-state index is 0.0397. The van der Waals surface area contributed by atoms with Crippen molar-refractivity contribution in [3.05, 3.63) is 35.4 Å². The summed E-state index contributed by atoms with van der Waals surface area (Å²) in [5.41, 5.74) is 0.271. The molecule has 0 amide bonds. The van der Waals surface area contributed by atoms with Crippen molar-refractivity contribution >= 4 is 0 Å². The van der Waals surface area contributed by atoms with Crippen LogP contribution in [0.4, 0.5) is 13.2 Å². The fraction of sp³-hybridized carbons (Fsp3) is 0.600. The molecule has 1 saturated carbocycles. The summed E-state index contributed by atoms with van der Waals surface area (Å²) >= 11 is 0. The first-order valence-corrected chi connectivity index (χ1v) is 6.86. The summed E-state index contributed by atoms with van der Waals surface area (Å²) in [6.07, 6.45) is -0.933. The van der Waals surface area contributed by atoms with Crippen LogP contribution in [0.3, 0.4) is 0 Å².